The topological polar surface area (TPSA) is 36.9 Å². The van der Waals surface area contributed by atoms with Crippen LogP contribution >= 0.6 is 15.9 Å². The lowest BCUT2D eigenvalue weighted by molar-refractivity contribution is 0.0468. The molecule has 0 aliphatic rings. The standard InChI is InChI=1S/C14H14BrFO4/c1-17-7-19-10-5-9-3-4-11(16)14(15)13(9)12(6-10)20-8-18-2/h3-6H,7-8H2,1-2H3. The Morgan fingerprint density at radius 2 is 1.75 bits per heavy atom. The molecular weight excluding hydrogens is 331 g/mol. The molecule has 20 heavy (non-hydrogen) atoms. The van der Waals surface area contributed by atoms with Crippen LogP contribution in [0.4, 0.5) is 4.39 Å². The number of ether oxygens (including phenoxy) is 4. The molecule has 0 aliphatic carbocycles. The van der Waals surface area contributed by atoms with Crippen LogP contribution in [0.5, 0.6) is 11.5 Å². The van der Waals surface area contributed by atoms with Crippen LogP contribution in [0.15, 0.2) is 28.7 Å². The van der Waals surface area contributed by atoms with E-state index in [-0.39, 0.29) is 19.4 Å². The first-order chi connectivity index (χ1) is 9.67. The second-order valence-corrected chi connectivity index (χ2v) is 4.78. The van der Waals surface area contributed by atoms with Crippen LogP contribution in [0, 0.1) is 5.82 Å². The Kier molecular flexibility index (Phi) is 5.17. The Morgan fingerprint density at radius 1 is 1.05 bits per heavy atom. The molecule has 0 spiro atoms. The molecule has 0 heterocycles. The van der Waals surface area contributed by atoms with Gasteiger partial charge < -0.3 is 18.9 Å². The summed E-state index contributed by atoms with van der Waals surface area (Å²) in [6.07, 6.45) is 0. The van der Waals surface area contributed by atoms with E-state index in [4.69, 9.17) is 18.9 Å². The Bertz CT molecular complexity index is 603. The second-order valence-electron chi connectivity index (χ2n) is 3.98. The van der Waals surface area contributed by atoms with Crippen LogP contribution in [0.25, 0.3) is 10.8 Å². The summed E-state index contributed by atoms with van der Waals surface area (Å²) in [6.45, 7) is 0.184. The SMILES string of the molecule is COCOc1cc(OCOC)c2c(Br)c(F)ccc2c1. The van der Waals surface area contributed by atoms with Gasteiger partial charge in [-0.25, -0.2) is 4.39 Å². The van der Waals surface area contributed by atoms with E-state index in [1.807, 2.05) is 0 Å². The third-order valence-electron chi connectivity index (χ3n) is 2.62. The summed E-state index contributed by atoms with van der Waals surface area (Å²) in [7, 11) is 3.05. The summed E-state index contributed by atoms with van der Waals surface area (Å²) in [5.41, 5.74) is 0. The van der Waals surface area contributed by atoms with Crippen molar-refractivity contribution in [2.45, 2.75) is 0 Å². The molecule has 0 fully saturated rings. The highest BCUT2D eigenvalue weighted by atomic mass is 79.9. The molecule has 108 valence electrons. The molecule has 2 aromatic rings. The van der Waals surface area contributed by atoms with Gasteiger partial charge in [0.15, 0.2) is 13.6 Å². The average molecular weight is 345 g/mol. The van der Waals surface area contributed by atoms with Crippen molar-refractivity contribution in [1.82, 2.24) is 0 Å². The van der Waals surface area contributed by atoms with E-state index in [1.165, 1.54) is 20.3 Å². The molecule has 2 aromatic carbocycles. The van der Waals surface area contributed by atoms with Gasteiger partial charge in [-0.05, 0) is 33.4 Å². The zero-order valence-electron chi connectivity index (χ0n) is 11.1. The first kappa shape index (κ1) is 15.0. The van der Waals surface area contributed by atoms with Gasteiger partial charge in [-0.3, -0.25) is 0 Å². The molecule has 0 bridgehead atoms. The second kappa shape index (κ2) is 6.88. The molecule has 4 nitrogen and oxygen atoms in total. The first-order valence-electron chi connectivity index (χ1n) is 5.82. The van der Waals surface area contributed by atoms with Crippen molar-refractivity contribution in [3.8, 4) is 11.5 Å². The zero-order valence-corrected chi connectivity index (χ0v) is 12.7. The van der Waals surface area contributed by atoms with Gasteiger partial charge in [0.2, 0.25) is 0 Å². The van der Waals surface area contributed by atoms with E-state index in [1.54, 1.807) is 18.2 Å². The van der Waals surface area contributed by atoms with Crippen molar-refractivity contribution >= 4 is 26.7 Å². The maximum atomic E-state index is 13.7. The smallest absolute Gasteiger partial charge is 0.188 e. The molecule has 0 saturated carbocycles. The average Bonchev–Trinajstić information content (AvgIpc) is 2.46. The number of halogens is 2. The van der Waals surface area contributed by atoms with Crippen LogP contribution < -0.4 is 9.47 Å². The van der Waals surface area contributed by atoms with E-state index in [0.29, 0.717) is 21.4 Å². The minimum Gasteiger partial charge on any atom is -0.467 e. The Hall–Kier alpha value is -1.37. The largest absolute Gasteiger partial charge is 0.467 e. The number of benzene rings is 2. The number of methoxy groups -OCH3 is 2. The Labute approximate surface area is 124 Å². The van der Waals surface area contributed by atoms with Crippen molar-refractivity contribution < 1.29 is 23.3 Å². The maximum Gasteiger partial charge on any atom is 0.188 e. The van der Waals surface area contributed by atoms with Crippen LogP contribution in [0.2, 0.25) is 0 Å². The van der Waals surface area contributed by atoms with Gasteiger partial charge in [-0.1, -0.05) is 6.07 Å². The minimum absolute atomic E-state index is 0.0613. The lowest BCUT2D eigenvalue weighted by Crippen LogP contribution is -2.02. The number of fused-ring (bicyclic) bond motifs is 1. The summed E-state index contributed by atoms with van der Waals surface area (Å²) in [5, 5.41) is 1.42. The van der Waals surface area contributed by atoms with Crippen LogP contribution in [-0.4, -0.2) is 27.8 Å². The van der Waals surface area contributed by atoms with Gasteiger partial charge in [0.1, 0.15) is 17.3 Å². The zero-order chi connectivity index (χ0) is 14.5. The maximum absolute atomic E-state index is 13.7. The van der Waals surface area contributed by atoms with Crippen LogP contribution in [0.3, 0.4) is 0 Å². The predicted molar refractivity (Wildman–Crippen MR) is 76.6 cm³/mol. The molecule has 6 heteroatoms. The van der Waals surface area contributed by atoms with Crippen LogP contribution in [0.1, 0.15) is 0 Å². The molecule has 0 aliphatic heterocycles. The van der Waals surface area contributed by atoms with E-state index < -0.39 is 0 Å². The molecule has 0 radical (unpaired) electrons. The van der Waals surface area contributed by atoms with E-state index in [9.17, 15) is 4.39 Å². The van der Waals surface area contributed by atoms with E-state index >= 15 is 0 Å². The van der Waals surface area contributed by atoms with Crippen molar-refractivity contribution in [2.24, 2.45) is 0 Å². The molecule has 2 rings (SSSR count). The van der Waals surface area contributed by atoms with Gasteiger partial charge in [0.05, 0.1) is 4.47 Å². The number of rotatable bonds is 6. The molecular formula is C14H14BrFO4. The monoisotopic (exact) mass is 344 g/mol. The van der Waals surface area contributed by atoms with Gasteiger partial charge >= 0.3 is 0 Å². The highest BCUT2D eigenvalue weighted by molar-refractivity contribution is 9.10. The van der Waals surface area contributed by atoms with Crippen LogP contribution in [-0.2, 0) is 9.47 Å². The van der Waals surface area contributed by atoms with E-state index in [2.05, 4.69) is 15.9 Å². The van der Waals surface area contributed by atoms with Crippen molar-refractivity contribution in [3.05, 3.63) is 34.6 Å². The van der Waals surface area contributed by atoms with Gasteiger partial charge in [-0.2, -0.15) is 0 Å². The number of hydrogen-bond donors (Lipinski definition) is 0. The molecule has 0 unspecified atom stereocenters. The minimum atomic E-state index is -0.356. The highest BCUT2D eigenvalue weighted by Gasteiger charge is 2.13. The summed E-state index contributed by atoms with van der Waals surface area (Å²) >= 11 is 3.24. The predicted octanol–water partition coefficient (Wildman–Crippen LogP) is 3.71. The van der Waals surface area contributed by atoms with Crippen molar-refractivity contribution in [2.75, 3.05) is 27.8 Å². The van der Waals surface area contributed by atoms with Gasteiger partial charge in [-0.15, -0.1) is 0 Å². The fraction of sp³-hybridized carbons (Fsp3) is 0.286. The quantitative estimate of drug-likeness (QED) is 0.748. The lowest BCUT2D eigenvalue weighted by atomic mass is 10.1. The third kappa shape index (κ3) is 3.20. The molecule has 0 saturated heterocycles. The van der Waals surface area contributed by atoms with Crippen molar-refractivity contribution in [1.29, 1.82) is 0 Å². The third-order valence-corrected chi connectivity index (χ3v) is 3.40. The highest BCUT2D eigenvalue weighted by Crippen LogP contribution is 2.37. The van der Waals surface area contributed by atoms with Gasteiger partial charge in [0, 0.05) is 25.7 Å². The van der Waals surface area contributed by atoms with E-state index in [0.717, 1.165) is 5.39 Å². The fourth-order valence-corrected chi connectivity index (χ4v) is 2.34. The Morgan fingerprint density at radius 3 is 2.45 bits per heavy atom. The fourth-order valence-electron chi connectivity index (χ4n) is 1.78. The molecule has 0 aromatic heterocycles. The van der Waals surface area contributed by atoms with Crippen molar-refractivity contribution in [3.63, 3.8) is 0 Å². The molecule has 0 N–H and O–H groups in total. The summed E-state index contributed by atoms with van der Waals surface area (Å²) in [5.74, 6) is 0.691. The lowest BCUT2D eigenvalue weighted by Gasteiger charge is -2.13. The summed E-state index contributed by atoms with van der Waals surface area (Å²) < 4.78 is 34.7. The number of hydrogen-bond acceptors (Lipinski definition) is 4. The van der Waals surface area contributed by atoms with Gasteiger partial charge in [0.25, 0.3) is 0 Å². The summed E-state index contributed by atoms with van der Waals surface area (Å²) in [4.78, 5) is 0. The molecule has 0 atom stereocenters. The first-order valence-corrected chi connectivity index (χ1v) is 6.62. The molecule has 0 amide bonds. The summed E-state index contributed by atoms with van der Waals surface area (Å²) in [6, 6.07) is 6.50. The normalized spacial score (nSPS) is 10.8. The Balaban J connectivity index is 2.52.